The molecule has 3 nitrogen and oxygen atoms in total. The number of nitrogens with one attached hydrogen (secondary N) is 1. The number of hydrogen-bond donors (Lipinski definition) is 1. The second-order valence-electron chi connectivity index (χ2n) is 4.23. The lowest BCUT2D eigenvalue weighted by molar-refractivity contribution is -0.123. The van der Waals surface area contributed by atoms with Crippen LogP contribution in [-0.2, 0) is 11.3 Å². The number of halogens is 3. The van der Waals surface area contributed by atoms with Gasteiger partial charge in [-0.25, -0.2) is 13.2 Å². The molecule has 0 aliphatic carbocycles. The van der Waals surface area contributed by atoms with Crippen molar-refractivity contribution in [1.82, 2.24) is 5.32 Å². The van der Waals surface area contributed by atoms with E-state index in [4.69, 9.17) is 4.74 Å². The number of benzene rings is 2. The van der Waals surface area contributed by atoms with Gasteiger partial charge >= 0.3 is 0 Å². The molecule has 2 aromatic carbocycles. The Balaban J connectivity index is 1.84. The third kappa shape index (κ3) is 4.24. The average Bonchev–Trinajstić information content (AvgIpc) is 2.45. The number of carbonyl (C=O) groups excluding carboxylic acids is 1. The van der Waals surface area contributed by atoms with Gasteiger partial charge in [-0.05, 0) is 18.2 Å². The number of amides is 1. The predicted molar refractivity (Wildman–Crippen MR) is 70.1 cm³/mol. The summed E-state index contributed by atoms with van der Waals surface area (Å²) < 4.78 is 44.2. The van der Waals surface area contributed by atoms with E-state index in [-0.39, 0.29) is 12.3 Å². The highest BCUT2D eigenvalue weighted by Gasteiger charge is 2.08. The van der Waals surface area contributed by atoms with E-state index >= 15 is 0 Å². The molecule has 21 heavy (non-hydrogen) atoms. The van der Waals surface area contributed by atoms with Gasteiger partial charge in [-0.2, -0.15) is 0 Å². The highest BCUT2D eigenvalue weighted by Crippen LogP contribution is 2.17. The lowest BCUT2D eigenvalue weighted by Crippen LogP contribution is -2.28. The highest BCUT2D eigenvalue weighted by atomic mass is 19.1. The third-order valence-corrected chi connectivity index (χ3v) is 2.69. The Hall–Kier alpha value is -2.50. The Morgan fingerprint density at radius 3 is 2.52 bits per heavy atom. The van der Waals surface area contributed by atoms with Crippen molar-refractivity contribution in [2.75, 3.05) is 6.61 Å². The molecule has 110 valence electrons. The van der Waals surface area contributed by atoms with Gasteiger partial charge in [0.2, 0.25) is 0 Å². The molecule has 0 saturated carbocycles. The van der Waals surface area contributed by atoms with Crippen LogP contribution >= 0.6 is 0 Å². The van der Waals surface area contributed by atoms with Crippen LogP contribution in [0.15, 0.2) is 42.5 Å². The third-order valence-electron chi connectivity index (χ3n) is 2.69. The predicted octanol–water partition coefficient (Wildman–Crippen LogP) is 2.80. The molecule has 0 saturated heterocycles. The fourth-order valence-corrected chi connectivity index (χ4v) is 1.62. The van der Waals surface area contributed by atoms with Crippen molar-refractivity contribution in [3.8, 4) is 5.75 Å². The maximum Gasteiger partial charge on any atom is 0.258 e. The summed E-state index contributed by atoms with van der Waals surface area (Å²) in [5, 5.41) is 2.44. The Morgan fingerprint density at radius 2 is 1.81 bits per heavy atom. The van der Waals surface area contributed by atoms with Gasteiger partial charge in [-0.1, -0.05) is 18.2 Å². The molecule has 0 radical (unpaired) electrons. The van der Waals surface area contributed by atoms with Crippen molar-refractivity contribution < 1.29 is 22.7 Å². The molecule has 0 unspecified atom stereocenters. The first kappa shape index (κ1) is 14.9. The minimum Gasteiger partial charge on any atom is -0.481 e. The molecule has 1 amide bonds. The van der Waals surface area contributed by atoms with Gasteiger partial charge < -0.3 is 10.1 Å². The molecular formula is C15H12F3NO2. The van der Waals surface area contributed by atoms with Crippen LogP contribution in [-0.4, -0.2) is 12.5 Å². The maximum absolute atomic E-state index is 13.3. The first-order chi connectivity index (χ1) is 10.1. The lowest BCUT2D eigenvalue weighted by atomic mass is 10.2. The van der Waals surface area contributed by atoms with Gasteiger partial charge in [0.15, 0.2) is 18.2 Å². The van der Waals surface area contributed by atoms with Crippen LogP contribution in [0.1, 0.15) is 5.56 Å². The number of ether oxygens (including phenoxy) is 1. The van der Waals surface area contributed by atoms with E-state index in [2.05, 4.69) is 5.32 Å². The van der Waals surface area contributed by atoms with Crippen molar-refractivity contribution in [2.24, 2.45) is 0 Å². The molecule has 0 aliphatic heterocycles. The molecule has 0 spiro atoms. The summed E-state index contributed by atoms with van der Waals surface area (Å²) in [6.45, 7) is -0.447. The van der Waals surface area contributed by atoms with Gasteiger partial charge in [0, 0.05) is 18.2 Å². The van der Waals surface area contributed by atoms with Gasteiger partial charge in [0.05, 0.1) is 0 Å². The molecule has 2 rings (SSSR count). The SMILES string of the molecule is O=C(COc1ccc(F)cc1F)NCc1ccccc1F. The molecule has 0 aliphatic rings. The van der Waals surface area contributed by atoms with Crippen molar-refractivity contribution in [3.05, 3.63) is 65.5 Å². The molecular weight excluding hydrogens is 283 g/mol. The Labute approximate surface area is 119 Å². The second kappa shape index (κ2) is 6.78. The number of carbonyl (C=O) groups is 1. The van der Waals surface area contributed by atoms with Crippen molar-refractivity contribution >= 4 is 5.91 Å². The van der Waals surface area contributed by atoms with E-state index < -0.39 is 30.0 Å². The Morgan fingerprint density at radius 1 is 1.05 bits per heavy atom. The summed E-state index contributed by atoms with van der Waals surface area (Å²) in [5.74, 6) is -2.82. The van der Waals surface area contributed by atoms with Gasteiger partial charge in [0.1, 0.15) is 11.6 Å². The van der Waals surface area contributed by atoms with Crippen LogP contribution < -0.4 is 10.1 Å². The summed E-state index contributed by atoms with van der Waals surface area (Å²) in [5.41, 5.74) is 0.332. The van der Waals surface area contributed by atoms with E-state index in [1.165, 1.54) is 12.1 Å². The van der Waals surface area contributed by atoms with Crippen molar-refractivity contribution in [2.45, 2.75) is 6.54 Å². The minimum atomic E-state index is -0.892. The molecule has 2 aromatic rings. The van der Waals surface area contributed by atoms with E-state index in [1.54, 1.807) is 12.1 Å². The topological polar surface area (TPSA) is 38.3 Å². The zero-order valence-corrected chi connectivity index (χ0v) is 10.9. The summed E-state index contributed by atoms with van der Waals surface area (Å²) in [7, 11) is 0. The van der Waals surface area contributed by atoms with Crippen molar-refractivity contribution in [1.29, 1.82) is 0 Å². The number of hydrogen-bond acceptors (Lipinski definition) is 2. The van der Waals surface area contributed by atoms with Crippen LogP contribution in [0.2, 0.25) is 0 Å². The summed E-state index contributed by atoms with van der Waals surface area (Å²) >= 11 is 0. The van der Waals surface area contributed by atoms with E-state index in [1.807, 2.05) is 0 Å². The van der Waals surface area contributed by atoms with Crippen LogP contribution in [0.3, 0.4) is 0 Å². The smallest absolute Gasteiger partial charge is 0.258 e. The molecule has 0 fully saturated rings. The van der Waals surface area contributed by atoms with Crippen molar-refractivity contribution in [3.63, 3.8) is 0 Å². The van der Waals surface area contributed by atoms with Gasteiger partial charge in [-0.15, -0.1) is 0 Å². The quantitative estimate of drug-likeness (QED) is 0.921. The van der Waals surface area contributed by atoms with Crippen LogP contribution in [0, 0.1) is 17.5 Å². The van der Waals surface area contributed by atoms with Gasteiger partial charge in [0.25, 0.3) is 5.91 Å². The van der Waals surface area contributed by atoms with Gasteiger partial charge in [-0.3, -0.25) is 4.79 Å². The zero-order chi connectivity index (χ0) is 15.2. The maximum atomic E-state index is 13.3. The van der Waals surface area contributed by atoms with E-state index in [0.717, 1.165) is 12.1 Å². The average molecular weight is 295 g/mol. The lowest BCUT2D eigenvalue weighted by Gasteiger charge is -2.08. The Bertz CT molecular complexity index is 647. The monoisotopic (exact) mass is 295 g/mol. The second-order valence-corrected chi connectivity index (χ2v) is 4.23. The van der Waals surface area contributed by atoms with Crippen LogP contribution in [0.25, 0.3) is 0 Å². The van der Waals surface area contributed by atoms with E-state index in [9.17, 15) is 18.0 Å². The van der Waals surface area contributed by atoms with E-state index in [0.29, 0.717) is 11.6 Å². The molecule has 0 bridgehead atoms. The minimum absolute atomic E-state index is 0.000761. The highest BCUT2D eigenvalue weighted by molar-refractivity contribution is 5.77. The largest absolute Gasteiger partial charge is 0.481 e. The molecule has 0 heterocycles. The molecule has 0 atom stereocenters. The standard InChI is InChI=1S/C15H12F3NO2/c16-11-5-6-14(13(18)7-11)21-9-15(20)19-8-10-3-1-2-4-12(10)17/h1-7H,8-9H2,(H,19,20). The molecule has 1 N–H and O–H groups in total. The van der Waals surface area contributed by atoms with Crippen LogP contribution in [0.5, 0.6) is 5.75 Å². The Kier molecular flexibility index (Phi) is 4.81. The molecule has 6 heteroatoms. The fraction of sp³-hybridized carbons (Fsp3) is 0.133. The number of rotatable bonds is 5. The summed E-state index contributed by atoms with van der Waals surface area (Å²) in [6, 6.07) is 8.79. The summed E-state index contributed by atoms with van der Waals surface area (Å²) in [6.07, 6.45) is 0. The first-order valence-electron chi connectivity index (χ1n) is 6.14. The van der Waals surface area contributed by atoms with Crippen LogP contribution in [0.4, 0.5) is 13.2 Å². The fourth-order valence-electron chi connectivity index (χ4n) is 1.62. The summed E-state index contributed by atoms with van der Waals surface area (Å²) in [4.78, 5) is 11.5. The first-order valence-corrected chi connectivity index (χ1v) is 6.14. The normalized spacial score (nSPS) is 10.2. The zero-order valence-electron chi connectivity index (χ0n) is 10.9. The molecule has 0 aromatic heterocycles.